The average molecular weight is 520 g/mol. The van der Waals surface area contributed by atoms with E-state index in [0.717, 1.165) is 4.47 Å². The number of hydrogen-bond acceptors (Lipinski definition) is 5. The van der Waals surface area contributed by atoms with Gasteiger partial charge in [-0.2, -0.15) is 0 Å². The third kappa shape index (κ3) is 5.75. The maximum Gasteiger partial charge on any atom is 0.315 e. The fraction of sp³-hybridized carbons (Fsp3) is 0.385. The summed E-state index contributed by atoms with van der Waals surface area (Å²) in [6.45, 7) is 2.08. The van der Waals surface area contributed by atoms with E-state index in [9.17, 15) is 9.59 Å². The normalized spacial score (nSPS) is 10.2. The van der Waals surface area contributed by atoms with Gasteiger partial charge in [-0.1, -0.05) is 0 Å². The Bertz CT molecular complexity index is 569. The molecule has 0 aromatic heterocycles. The Hall–Kier alpha value is -0.250. The van der Waals surface area contributed by atoms with Crippen molar-refractivity contribution in [3.8, 4) is 5.75 Å². The molecular formula is C13H14Br3NO4S. The highest BCUT2D eigenvalue weighted by Gasteiger charge is 2.17. The molecule has 0 radical (unpaired) electrons. The lowest BCUT2D eigenvalue weighted by atomic mass is 10.3. The van der Waals surface area contributed by atoms with Crippen LogP contribution in [0.25, 0.3) is 0 Å². The van der Waals surface area contributed by atoms with E-state index < -0.39 is 0 Å². The lowest BCUT2D eigenvalue weighted by Gasteiger charge is -2.14. The molecule has 0 aliphatic carbocycles. The van der Waals surface area contributed by atoms with Crippen LogP contribution in [0.2, 0.25) is 0 Å². The van der Waals surface area contributed by atoms with E-state index >= 15 is 0 Å². The van der Waals surface area contributed by atoms with Crippen molar-refractivity contribution in [1.29, 1.82) is 0 Å². The molecule has 0 saturated carbocycles. The standard InChI is InChI=1S/C13H14Br3NO4S/c1-3-21-10(19)6-22-5-9(18)17-12-7(14)4-8(15)13(20-2)11(12)16/h4H,3,5-6H2,1-2H3,(H,17,18). The Labute approximate surface area is 158 Å². The smallest absolute Gasteiger partial charge is 0.315 e. The molecule has 1 rings (SSSR count). The fourth-order valence-corrected chi connectivity index (χ4v) is 4.73. The van der Waals surface area contributed by atoms with E-state index in [1.165, 1.54) is 11.8 Å². The molecule has 0 spiro atoms. The summed E-state index contributed by atoms with van der Waals surface area (Å²) in [5.41, 5.74) is 0.571. The molecule has 0 fully saturated rings. The zero-order chi connectivity index (χ0) is 16.7. The molecular weight excluding hydrogens is 506 g/mol. The van der Waals surface area contributed by atoms with Crippen LogP contribution >= 0.6 is 59.6 Å². The Morgan fingerprint density at radius 3 is 2.50 bits per heavy atom. The summed E-state index contributed by atoms with van der Waals surface area (Å²) in [5.74, 6) is 0.328. The zero-order valence-corrected chi connectivity index (χ0v) is 17.4. The van der Waals surface area contributed by atoms with Crippen molar-refractivity contribution in [3.05, 3.63) is 19.5 Å². The molecule has 1 aromatic rings. The van der Waals surface area contributed by atoms with Gasteiger partial charge in [0.15, 0.2) is 0 Å². The third-order valence-electron chi connectivity index (χ3n) is 2.35. The molecule has 0 bridgehead atoms. The molecule has 1 amide bonds. The van der Waals surface area contributed by atoms with Crippen LogP contribution < -0.4 is 10.1 Å². The van der Waals surface area contributed by atoms with Gasteiger partial charge in [-0.25, -0.2) is 0 Å². The molecule has 1 N–H and O–H groups in total. The van der Waals surface area contributed by atoms with Crippen molar-refractivity contribution in [2.75, 3.05) is 30.5 Å². The van der Waals surface area contributed by atoms with Crippen molar-refractivity contribution in [3.63, 3.8) is 0 Å². The van der Waals surface area contributed by atoms with Crippen molar-refractivity contribution in [2.45, 2.75) is 6.92 Å². The second kappa shape index (κ2) is 9.79. The molecule has 0 atom stereocenters. The fourth-order valence-electron chi connectivity index (χ4n) is 1.48. The van der Waals surface area contributed by atoms with Crippen LogP contribution in [0.5, 0.6) is 5.75 Å². The molecule has 9 heteroatoms. The Balaban J connectivity index is 2.67. The van der Waals surface area contributed by atoms with E-state index in [1.807, 2.05) is 0 Å². The first kappa shape index (κ1) is 19.8. The lowest BCUT2D eigenvalue weighted by Crippen LogP contribution is -2.17. The van der Waals surface area contributed by atoms with Gasteiger partial charge in [0.05, 0.1) is 39.9 Å². The second-order valence-electron chi connectivity index (χ2n) is 3.91. The summed E-state index contributed by atoms with van der Waals surface area (Å²) < 4.78 is 12.1. The third-order valence-corrected chi connectivity index (χ3v) is 5.23. The van der Waals surface area contributed by atoms with E-state index in [4.69, 9.17) is 9.47 Å². The van der Waals surface area contributed by atoms with Crippen molar-refractivity contribution in [2.24, 2.45) is 0 Å². The maximum absolute atomic E-state index is 12.0. The number of esters is 1. The SMILES string of the molecule is CCOC(=O)CSCC(=O)Nc1c(Br)cc(Br)c(OC)c1Br. The number of nitrogens with one attached hydrogen (secondary N) is 1. The summed E-state index contributed by atoms with van der Waals surface area (Å²) in [4.78, 5) is 23.2. The number of ether oxygens (including phenoxy) is 2. The number of halogens is 3. The minimum absolute atomic E-state index is 0.146. The number of hydrogen-bond donors (Lipinski definition) is 1. The highest BCUT2D eigenvalue weighted by molar-refractivity contribution is 9.11. The Morgan fingerprint density at radius 1 is 1.23 bits per heavy atom. The highest BCUT2D eigenvalue weighted by atomic mass is 79.9. The van der Waals surface area contributed by atoms with E-state index in [1.54, 1.807) is 20.1 Å². The number of carbonyl (C=O) groups is 2. The molecule has 22 heavy (non-hydrogen) atoms. The van der Waals surface area contributed by atoms with Crippen LogP contribution in [0.1, 0.15) is 6.92 Å². The monoisotopic (exact) mass is 517 g/mol. The average Bonchev–Trinajstić information content (AvgIpc) is 2.44. The van der Waals surface area contributed by atoms with E-state index in [0.29, 0.717) is 27.0 Å². The van der Waals surface area contributed by atoms with Crippen molar-refractivity contribution >= 4 is 77.1 Å². The van der Waals surface area contributed by atoms with Crippen LogP contribution in [-0.2, 0) is 14.3 Å². The number of anilines is 1. The number of amides is 1. The first-order valence-corrected chi connectivity index (χ1v) is 9.68. The van der Waals surface area contributed by atoms with Gasteiger partial charge in [0.1, 0.15) is 5.75 Å². The summed E-state index contributed by atoms with van der Waals surface area (Å²) in [5, 5.41) is 2.78. The van der Waals surface area contributed by atoms with Gasteiger partial charge in [-0.15, -0.1) is 11.8 Å². The largest absolute Gasteiger partial charge is 0.494 e. The predicted octanol–water partition coefficient (Wildman–Crippen LogP) is 4.22. The molecule has 1 aromatic carbocycles. The van der Waals surface area contributed by atoms with Gasteiger partial charge in [0.25, 0.3) is 0 Å². The van der Waals surface area contributed by atoms with Crippen molar-refractivity contribution < 1.29 is 19.1 Å². The molecule has 0 saturated heterocycles. The van der Waals surface area contributed by atoms with Crippen LogP contribution in [0.3, 0.4) is 0 Å². The number of benzene rings is 1. The highest BCUT2D eigenvalue weighted by Crippen LogP contribution is 2.43. The van der Waals surface area contributed by atoms with Gasteiger partial charge in [0, 0.05) is 4.47 Å². The van der Waals surface area contributed by atoms with Crippen molar-refractivity contribution in [1.82, 2.24) is 0 Å². The van der Waals surface area contributed by atoms with E-state index in [2.05, 4.69) is 53.1 Å². The minimum Gasteiger partial charge on any atom is -0.494 e. The predicted molar refractivity (Wildman–Crippen MR) is 98.7 cm³/mol. The van der Waals surface area contributed by atoms with Gasteiger partial charge < -0.3 is 14.8 Å². The first-order chi connectivity index (χ1) is 10.4. The summed E-state index contributed by atoms with van der Waals surface area (Å²) in [6.07, 6.45) is 0. The van der Waals surface area contributed by atoms with Gasteiger partial charge in [-0.3, -0.25) is 9.59 Å². The summed E-state index contributed by atoms with van der Waals surface area (Å²) >= 11 is 11.4. The zero-order valence-electron chi connectivity index (χ0n) is 11.9. The quantitative estimate of drug-likeness (QED) is 0.547. The second-order valence-corrected chi connectivity index (χ2v) is 7.40. The summed E-state index contributed by atoms with van der Waals surface area (Å²) in [6, 6.07) is 1.78. The van der Waals surface area contributed by atoms with Gasteiger partial charge in [0.2, 0.25) is 5.91 Å². The number of rotatable bonds is 7. The molecule has 0 heterocycles. The molecule has 0 aliphatic rings. The van der Waals surface area contributed by atoms with Crippen LogP contribution in [0.4, 0.5) is 5.69 Å². The molecule has 0 aliphatic heterocycles. The summed E-state index contributed by atoms with van der Waals surface area (Å²) in [7, 11) is 1.54. The van der Waals surface area contributed by atoms with Gasteiger partial charge >= 0.3 is 5.97 Å². The van der Waals surface area contributed by atoms with Gasteiger partial charge in [-0.05, 0) is 60.8 Å². The van der Waals surface area contributed by atoms with Crippen LogP contribution in [-0.4, -0.2) is 37.1 Å². The maximum atomic E-state index is 12.0. The minimum atomic E-state index is -0.326. The molecule has 122 valence electrons. The molecule has 0 unspecified atom stereocenters. The first-order valence-electron chi connectivity index (χ1n) is 6.15. The topological polar surface area (TPSA) is 64.6 Å². The number of thioether (sulfide) groups is 1. The Kier molecular flexibility index (Phi) is 8.81. The number of methoxy groups -OCH3 is 1. The van der Waals surface area contributed by atoms with Crippen LogP contribution in [0, 0.1) is 0 Å². The number of carbonyl (C=O) groups excluding carboxylic acids is 2. The lowest BCUT2D eigenvalue weighted by molar-refractivity contribution is -0.139. The Morgan fingerprint density at radius 2 is 1.91 bits per heavy atom. The molecule has 5 nitrogen and oxygen atoms in total. The van der Waals surface area contributed by atoms with E-state index in [-0.39, 0.29) is 23.4 Å². The van der Waals surface area contributed by atoms with Crippen LogP contribution in [0.15, 0.2) is 19.5 Å².